The molecule has 1 aromatic rings. The molecule has 0 amide bonds. The number of hydrogen-bond donors (Lipinski definition) is 0. The summed E-state index contributed by atoms with van der Waals surface area (Å²) >= 11 is -0.0290. The van der Waals surface area contributed by atoms with Gasteiger partial charge in [0.05, 0.1) is 0 Å². The van der Waals surface area contributed by atoms with Gasteiger partial charge >= 0.3 is 130 Å². The van der Waals surface area contributed by atoms with Gasteiger partial charge in [0.25, 0.3) is 0 Å². The Bertz CT molecular complexity index is 493. The molecule has 3 heteroatoms. The second-order valence-corrected chi connectivity index (χ2v) is 7.88. The molecule has 0 spiro atoms. The topological polar surface area (TPSA) is 18.5 Å². The van der Waals surface area contributed by atoms with Crippen LogP contribution in [0.5, 0.6) is 0 Å². The van der Waals surface area contributed by atoms with Crippen molar-refractivity contribution in [1.82, 2.24) is 0 Å². The van der Waals surface area contributed by atoms with Gasteiger partial charge in [-0.05, 0) is 0 Å². The summed E-state index contributed by atoms with van der Waals surface area (Å²) in [7, 11) is 0. The van der Waals surface area contributed by atoms with Crippen molar-refractivity contribution in [1.29, 1.82) is 0 Å². The van der Waals surface area contributed by atoms with Crippen molar-refractivity contribution in [3.05, 3.63) is 41.0 Å². The molecule has 0 aromatic heterocycles. The Labute approximate surface area is 130 Å². The van der Waals surface area contributed by atoms with Gasteiger partial charge in [0.2, 0.25) is 0 Å². The second kappa shape index (κ2) is 6.80. The van der Waals surface area contributed by atoms with E-state index in [0.29, 0.717) is 11.6 Å². The van der Waals surface area contributed by atoms with Crippen molar-refractivity contribution >= 4 is 19.4 Å². The van der Waals surface area contributed by atoms with Crippen molar-refractivity contribution in [2.45, 2.75) is 46.3 Å². The summed E-state index contributed by atoms with van der Waals surface area (Å²) in [5, 5.41) is 0. The maximum atomic E-state index is 8.41. The maximum absolute atomic E-state index is 8.41. The first-order chi connectivity index (χ1) is 9.91. The van der Waals surface area contributed by atoms with Crippen LogP contribution in [0.3, 0.4) is 0 Å². The van der Waals surface area contributed by atoms with Crippen molar-refractivity contribution in [3.8, 4) is 0 Å². The van der Waals surface area contributed by atoms with Gasteiger partial charge in [-0.25, -0.2) is 0 Å². The first-order valence-electron chi connectivity index (χ1n) is 7.63. The number of rotatable bonds is 4. The molecule has 1 saturated heterocycles. The van der Waals surface area contributed by atoms with E-state index in [0.717, 1.165) is 12.2 Å². The van der Waals surface area contributed by atoms with Crippen LogP contribution in [0.25, 0.3) is 0 Å². The monoisotopic (exact) mass is 341 g/mol. The van der Waals surface area contributed by atoms with E-state index in [2.05, 4.69) is 32.9 Å². The molecule has 0 aliphatic carbocycles. The van der Waals surface area contributed by atoms with Gasteiger partial charge in [-0.15, -0.1) is 0 Å². The summed E-state index contributed by atoms with van der Waals surface area (Å²) in [5.74, 6) is 0.751. The molecular formula is C17H24O2Se. The molecule has 110 valence electrons. The summed E-state index contributed by atoms with van der Waals surface area (Å²) in [6, 6.07) is 10.2. The Balaban J connectivity index is 2.19. The van der Waals surface area contributed by atoms with Crippen LogP contribution < -0.4 is 4.46 Å². The average molecular weight is 340 g/mol. The van der Waals surface area contributed by atoms with Gasteiger partial charge in [-0.3, -0.25) is 0 Å². The van der Waals surface area contributed by atoms with E-state index < -0.39 is 0 Å². The fraction of sp³-hybridized carbons (Fsp3) is 0.529. The van der Waals surface area contributed by atoms with Gasteiger partial charge < -0.3 is 0 Å². The van der Waals surface area contributed by atoms with Crippen molar-refractivity contribution in [2.24, 2.45) is 5.41 Å². The van der Waals surface area contributed by atoms with E-state index in [1.54, 1.807) is 0 Å². The molecule has 1 fully saturated rings. The van der Waals surface area contributed by atoms with Gasteiger partial charge in [0.15, 0.2) is 0 Å². The first kappa shape index (κ1) is 14.2. The fourth-order valence-corrected chi connectivity index (χ4v) is 3.59. The third-order valence-corrected chi connectivity index (χ3v) is 5.04. The van der Waals surface area contributed by atoms with Crippen molar-refractivity contribution < 1.29 is 10.8 Å². The van der Waals surface area contributed by atoms with Crippen molar-refractivity contribution in [2.75, 3.05) is 6.61 Å². The molecular weight excluding hydrogens is 315 g/mol. The molecule has 0 saturated carbocycles. The normalized spacial score (nSPS) is 26.1. The molecule has 1 aliphatic rings. The van der Waals surface area contributed by atoms with Crippen LogP contribution in [0.2, 0.25) is 0 Å². The van der Waals surface area contributed by atoms with Gasteiger partial charge in [-0.2, -0.15) is 0 Å². The molecule has 2 atom stereocenters. The average Bonchev–Trinajstić information content (AvgIpc) is 2.84. The van der Waals surface area contributed by atoms with Crippen LogP contribution in [0.15, 0.2) is 41.0 Å². The SMILES string of the molecule is [2H]/C([Se]c1ccccc1)=C1/O[C@H](C(C)(C)C)C[C@H]1OCC. The Morgan fingerprint density at radius 3 is 2.70 bits per heavy atom. The molecule has 1 heterocycles. The molecule has 20 heavy (non-hydrogen) atoms. The van der Waals surface area contributed by atoms with Gasteiger partial charge in [0, 0.05) is 0 Å². The van der Waals surface area contributed by atoms with Crippen LogP contribution in [-0.2, 0) is 9.47 Å². The number of ether oxygens (including phenoxy) is 2. The van der Waals surface area contributed by atoms with Crippen LogP contribution in [0.4, 0.5) is 0 Å². The van der Waals surface area contributed by atoms with Crippen LogP contribution >= 0.6 is 0 Å². The number of hydrogen-bond acceptors (Lipinski definition) is 2. The third-order valence-electron chi connectivity index (χ3n) is 3.34. The van der Waals surface area contributed by atoms with Crippen molar-refractivity contribution in [3.63, 3.8) is 0 Å². The van der Waals surface area contributed by atoms with Crippen LogP contribution in [-0.4, -0.2) is 33.8 Å². The van der Waals surface area contributed by atoms with Crippen LogP contribution in [0.1, 0.15) is 35.5 Å². The summed E-state index contributed by atoms with van der Waals surface area (Å²) in [6.07, 6.45) is 0.910. The first-order valence-corrected chi connectivity index (χ1v) is 8.85. The van der Waals surface area contributed by atoms with E-state index >= 15 is 0 Å². The quantitative estimate of drug-likeness (QED) is 0.784. The number of benzene rings is 1. The van der Waals surface area contributed by atoms with E-state index in [1.807, 2.05) is 25.1 Å². The molecule has 2 rings (SSSR count). The predicted molar refractivity (Wildman–Crippen MR) is 84.3 cm³/mol. The predicted octanol–water partition coefficient (Wildman–Crippen LogP) is 3.10. The summed E-state index contributed by atoms with van der Waals surface area (Å²) in [4.78, 5) is 0.596. The standard InChI is InChI=1S/C17H24O2Se/c1-5-18-14-11-16(17(2,3)4)19-15(14)12-20-13-9-7-6-8-10-13/h6-10,12,14,16H,5,11H2,1-4H3/b15-12-/t14-,16+/m1/s1/i12D. The van der Waals surface area contributed by atoms with E-state index in [9.17, 15) is 0 Å². The van der Waals surface area contributed by atoms with Crippen LogP contribution in [0, 0.1) is 5.41 Å². The minimum absolute atomic E-state index is 0.0290. The molecule has 2 nitrogen and oxygen atoms in total. The molecule has 0 radical (unpaired) electrons. The molecule has 1 aromatic carbocycles. The zero-order valence-corrected chi connectivity index (χ0v) is 14.4. The van der Waals surface area contributed by atoms with Gasteiger partial charge in [-0.1, -0.05) is 0 Å². The van der Waals surface area contributed by atoms with Gasteiger partial charge in [0.1, 0.15) is 0 Å². The van der Waals surface area contributed by atoms with E-state index in [4.69, 9.17) is 10.8 Å². The van der Waals surface area contributed by atoms with E-state index in [-0.39, 0.29) is 32.6 Å². The molecule has 0 bridgehead atoms. The zero-order valence-electron chi connectivity index (χ0n) is 13.7. The second-order valence-electron chi connectivity index (χ2n) is 6.03. The fourth-order valence-electron chi connectivity index (χ4n) is 2.14. The van der Waals surface area contributed by atoms with E-state index in [1.165, 1.54) is 4.46 Å². The Morgan fingerprint density at radius 1 is 1.40 bits per heavy atom. The Kier molecular flexibility index (Phi) is 4.82. The molecule has 0 unspecified atom stereocenters. The summed E-state index contributed by atoms with van der Waals surface area (Å²) in [6.45, 7) is 9.18. The zero-order chi connectivity index (χ0) is 15.5. The molecule has 0 N–H and O–H groups in total. The minimum atomic E-state index is -0.0580. The molecule has 1 aliphatic heterocycles. The Morgan fingerprint density at radius 2 is 2.10 bits per heavy atom. The summed E-state index contributed by atoms with van der Waals surface area (Å²) < 4.78 is 21.5. The third kappa shape index (κ3) is 4.11. The summed E-state index contributed by atoms with van der Waals surface area (Å²) in [5.41, 5.74) is 0.0666. The Hall–Kier alpha value is -0.761.